The Morgan fingerprint density at radius 1 is 1.11 bits per heavy atom. The van der Waals surface area contributed by atoms with Crippen molar-refractivity contribution in [3.8, 4) is 0 Å². The fourth-order valence-corrected chi connectivity index (χ4v) is 4.31. The summed E-state index contributed by atoms with van der Waals surface area (Å²) in [7, 11) is 0. The molecule has 0 fully saturated rings. The molecule has 0 aromatic heterocycles. The van der Waals surface area contributed by atoms with Crippen molar-refractivity contribution in [1.82, 2.24) is 0 Å². The maximum atomic E-state index is 5.93. The van der Waals surface area contributed by atoms with Crippen molar-refractivity contribution in [3.63, 3.8) is 0 Å². The van der Waals surface area contributed by atoms with Gasteiger partial charge in [-0.25, -0.2) is 0 Å². The molecule has 2 aromatic carbocycles. The predicted molar refractivity (Wildman–Crippen MR) is 89.0 cm³/mol. The number of nitrogens with two attached hydrogens (primary N) is 1. The number of halogens is 1. The lowest BCUT2D eigenvalue weighted by molar-refractivity contribution is 0.980. The highest BCUT2D eigenvalue weighted by molar-refractivity contribution is 9.10. The Kier molecular flexibility index (Phi) is 5.82. The van der Waals surface area contributed by atoms with Crippen molar-refractivity contribution in [2.45, 2.75) is 28.2 Å². The highest BCUT2D eigenvalue weighted by Gasteiger charge is 2.08. The normalized spacial score (nSPS) is 10.7. The summed E-state index contributed by atoms with van der Waals surface area (Å²) in [6, 6.07) is 14.8. The molecule has 0 spiro atoms. The second-order valence-electron chi connectivity index (χ2n) is 3.93. The molecule has 0 saturated carbocycles. The molecule has 0 atom stereocenters. The molecule has 2 rings (SSSR count). The third-order valence-electron chi connectivity index (χ3n) is 2.62. The second kappa shape index (κ2) is 7.39. The molecule has 4 heteroatoms. The van der Waals surface area contributed by atoms with E-state index in [1.165, 1.54) is 20.2 Å². The molecule has 19 heavy (non-hydrogen) atoms. The minimum atomic E-state index is 0.583. The monoisotopic (exact) mass is 353 g/mol. The Labute approximate surface area is 131 Å². The third-order valence-corrected chi connectivity index (χ3v) is 5.19. The molecule has 2 N–H and O–H groups in total. The fourth-order valence-electron chi connectivity index (χ4n) is 1.79. The van der Waals surface area contributed by atoms with Gasteiger partial charge in [0.1, 0.15) is 0 Å². The van der Waals surface area contributed by atoms with E-state index >= 15 is 0 Å². The van der Waals surface area contributed by atoms with Gasteiger partial charge in [0.2, 0.25) is 0 Å². The molecular weight excluding hydrogens is 338 g/mol. The average Bonchev–Trinajstić information content (AvgIpc) is 2.39. The lowest BCUT2D eigenvalue weighted by Crippen LogP contribution is -2.00. The molecule has 2 aromatic rings. The van der Waals surface area contributed by atoms with Gasteiger partial charge < -0.3 is 5.73 Å². The van der Waals surface area contributed by atoms with Gasteiger partial charge in [-0.15, -0.1) is 11.8 Å². The van der Waals surface area contributed by atoms with Crippen molar-refractivity contribution in [3.05, 3.63) is 52.5 Å². The molecule has 100 valence electrons. The first-order valence-corrected chi connectivity index (χ1v) is 8.72. The second-order valence-corrected chi connectivity index (χ2v) is 7.27. The van der Waals surface area contributed by atoms with Gasteiger partial charge in [-0.2, -0.15) is 0 Å². The van der Waals surface area contributed by atoms with Gasteiger partial charge in [0.05, 0.1) is 0 Å². The Balaban J connectivity index is 2.31. The van der Waals surface area contributed by atoms with E-state index in [-0.39, 0.29) is 0 Å². The van der Waals surface area contributed by atoms with Gasteiger partial charge in [-0.3, -0.25) is 0 Å². The van der Waals surface area contributed by atoms with E-state index in [4.69, 9.17) is 5.73 Å². The Morgan fingerprint density at radius 2 is 1.84 bits per heavy atom. The Morgan fingerprint density at radius 3 is 2.53 bits per heavy atom. The van der Waals surface area contributed by atoms with Crippen LogP contribution in [0, 0.1) is 0 Å². The van der Waals surface area contributed by atoms with E-state index < -0.39 is 0 Å². The van der Waals surface area contributed by atoms with Gasteiger partial charge in [-0.05, 0) is 41.6 Å². The van der Waals surface area contributed by atoms with Crippen LogP contribution in [0.3, 0.4) is 0 Å². The smallest absolute Gasteiger partial charge is 0.0200 e. The molecule has 0 saturated heterocycles. The maximum Gasteiger partial charge on any atom is 0.0200 e. The highest BCUT2D eigenvalue weighted by Crippen LogP contribution is 2.35. The fraction of sp³-hybridized carbons (Fsp3) is 0.200. The zero-order chi connectivity index (χ0) is 13.7. The predicted octanol–water partition coefficient (Wildman–Crippen LogP) is 5.17. The van der Waals surface area contributed by atoms with Gasteiger partial charge in [0.15, 0.2) is 0 Å². The van der Waals surface area contributed by atoms with E-state index in [2.05, 4.69) is 59.3 Å². The largest absolute Gasteiger partial charge is 0.326 e. The molecule has 0 unspecified atom stereocenters. The summed E-state index contributed by atoms with van der Waals surface area (Å²) < 4.78 is 1.10. The number of thioether (sulfide) groups is 1. The minimum absolute atomic E-state index is 0.583. The average molecular weight is 354 g/mol. The van der Waals surface area contributed by atoms with Crippen molar-refractivity contribution >= 4 is 39.5 Å². The van der Waals surface area contributed by atoms with Crippen LogP contribution in [0.25, 0.3) is 0 Å². The van der Waals surface area contributed by atoms with Crippen molar-refractivity contribution < 1.29 is 0 Å². The summed E-state index contributed by atoms with van der Waals surface area (Å²) in [6.45, 7) is 2.75. The molecule has 0 radical (unpaired) electrons. The van der Waals surface area contributed by atoms with Crippen LogP contribution in [0.5, 0.6) is 0 Å². The zero-order valence-corrected chi connectivity index (χ0v) is 13.9. The Bertz CT molecular complexity index is 558. The van der Waals surface area contributed by atoms with E-state index in [1.54, 1.807) is 11.8 Å². The van der Waals surface area contributed by atoms with Crippen molar-refractivity contribution in [2.24, 2.45) is 5.73 Å². The lowest BCUT2D eigenvalue weighted by Gasteiger charge is -2.12. The summed E-state index contributed by atoms with van der Waals surface area (Å²) in [4.78, 5) is 3.77. The van der Waals surface area contributed by atoms with Crippen LogP contribution in [0.1, 0.15) is 12.5 Å². The molecule has 0 bridgehead atoms. The summed E-state index contributed by atoms with van der Waals surface area (Å²) in [5.41, 5.74) is 7.18. The summed E-state index contributed by atoms with van der Waals surface area (Å²) in [6.07, 6.45) is 0. The number of rotatable bonds is 5. The van der Waals surface area contributed by atoms with E-state index in [9.17, 15) is 0 Å². The summed E-state index contributed by atoms with van der Waals surface area (Å²) >= 11 is 7.13. The van der Waals surface area contributed by atoms with Crippen LogP contribution in [-0.2, 0) is 6.54 Å². The van der Waals surface area contributed by atoms with Crippen LogP contribution < -0.4 is 5.73 Å². The molecule has 0 amide bonds. The van der Waals surface area contributed by atoms with Gasteiger partial charge in [-0.1, -0.05) is 46.7 Å². The van der Waals surface area contributed by atoms with Gasteiger partial charge >= 0.3 is 0 Å². The SMILES string of the molecule is CCSc1cccc(Sc2cccc(Br)c2)c1CN. The topological polar surface area (TPSA) is 26.0 Å². The van der Waals surface area contributed by atoms with Gasteiger partial charge in [0.25, 0.3) is 0 Å². The van der Waals surface area contributed by atoms with Crippen LogP contribution in [0.15, 0.2) is 61.6 Å². The Hall–Kier alpha value is -0.420. The molecule has 0 aliphatic rings. The first-order chi connectivity index (χ1) is 9.24. The molecule has 0 aliphatic heterocycles. The first-order valence-electron chi connectivity index (χ1n) is 6.12. The number of hydrogen-bond donors (Lipinski definition) is 1. The highest BCUT2D eigenvalue weighted by atomic mass is 79.9. The number of hydrogen-bond acceptors (Lipinski definition) is 3. The van der Waals surface area contributed by atoms with Crippen molar-refractivity contribution in [1.29, 1.82) is 0 Å². The lowest BCUT2D eigenvalue weighted by atomic mass is 10.2. The number of benzene rings is 2. The molecule has 1 nitrogen and oxygen atoms in total. The van der Waals surface area contributed by atoms with E-state index in [1.807, 2.05) is 17.8 Å². The van der Waals surface area contributed by atoms with Crippen LogP contribution in [0.2, 0.25) is 0 Å². The standard InChI is InChI=1S/C15H16BrNS2/c1-2-18-14-7-4-8-15(13(14)10-17)19-12-6-3-5-11(16)9-12/h3-9H,2,10,17H2,1H3. The van der Waals surface area contributed by atoms with Crippen LogP contribution in [0.4, 0.5) is 0 Å². The van der Waals surface area contributed by atoms with Crippen molar-refractivity contribution in [2.75, 3.05) is 5.75 Å². The molecule has 0 aliphatic carbocycles. The van der Waals surface area contributed by atoms with Gasteiger partial charge in [0, 0.05) is 25.7 Å². The molecule has 0 heterocycles. The first kappa shape index (κ1) is 15.0. The molecular formula is C15H16BrNS2. The quantitative estimate of drug-likeness (QED) is 0.750. The maximum absolute atomic E-state index is 5.93. The minimum Gasteiger partial charge on any atom is -0.326 e. The summed E-state index contributed by atoms with van der Waals surface area (Å²) in [5, 5.41) is 0. The third kappa shape index (κ3) is 4.02. The zero-order valence-electron chi connectivity index (χ0n) is 10.7. The van der Waals surface area contributed by atoms with Crippen LogP contribution in [-0.4, -0.2) is 5.75 Å². The van der Waals surface area contributed by atoms with Crippen LogP contribution >= 0.6 is 39.5 Å². The summed E-state index contributed by atoms with van der Waals surface area (Å²) in [5.74, 6) is 1.07. The van der Waals surface area contributed by atoms with E-state index in [0.717, 1.165) is 10.2 Å². The van der Waals surface area contributed by atoms with E-state index in [0.29, 0.717) is 6.54 Å².